The van der Waals surface area contributed by atoms with Gasteiger partial charge in [0.25, 0.3) is 0 Å². The maximum atomic E-state index is 5.46. The van der Waals surface area contributed by atoms with Crippen LogP contribution in [0.2, 0.25) is 0 Å². The van der Waals surface area contributed by atoms with Crippen molar-refractivity contribution in [3.63, 3.8) is 0 Å². The first-order valence-electron chi connectivity index (χ1n) is 2.47. The molecule has 0 spiro atoms. The molecule has 0 aliphatic heterocycles. The van der Waals surface area contributed by atoms with Crippen LogP contribution in [0.4, 0.5) is 0 Å². The van der Waals surface area contributed by atoms with Gasteiger partial charge in [-0.05, 0) is 0 Å². The Morgan fingerprint density at radius 2 is 2.30 bits per heavy atom. The SMILES string of the molecule is C=C(N)C(Cl)=N/C=C\NN. The van der Waals surface area contributed by atoms with Crippen molar-refractivity contribution in [1.29, 1.82) is 0 Å². The Morgan fingerprint density at radius 3 is 2.70 bits per heavy atom. The average molecular weight is 161 g/mol. The molecule has 0 atom stereocenters. The van der Waals surface area contributed by atoms with E-state index < -0.39 is 0 Å². The maximum Gasteiger partial charge on any atom is 0.151 e. The van der Waals surface area contributed by atoms with Gasteiger partial charge in [0, 0.05) is 12.4 Å². The summed E-state index contributed by atoms with van der Waals surface area (Å²) in [7, 11) is 0. The van der Waals surface area contributed by atoms with Gasteiger partial charge in [0.1, 0.15) is 0 Å². The number of hydrazine groups is 1. The third-order valence-corrected chi connectivity index (χ3v) is 0.964. The minimum atomic E-state index is 0.159. The van der Waals surface area contributed by atoms with Crippen LogP contribution in [0.25, 0.3) is 0 Å². The van der Waals surface area contributed by atoms with Crippen molar-refractivity contribution in [2.75, 3.05) is 0 Å². The Bertz CT molecular complexity index is 172. The first-order valence-corrected chi connectivity index (χ1v) is 2.85. The van der Waals surface area contributed by atoms with Crippen LogP contribution in [0.15, 0.2) is 29.7 Å². The number of nitrogens with zero attached hydrogens (tertiary/aromatic N) is 1. The molecule has 0 saturated carbocycles. The highest BCUT2D eigenvalue weighted by Gasteiger charge is 1.89. The summed E-state index contributed by atoms with van der Waals surface area (Å²) in [6.45, 7) is 3.36. The lowest BCUT2D eigenvalue weighted by Gasteiger charge is -1.90. The zero-order valence-corrected chi connectivity index (χ0v) is 6.10. The van der Waals surface area contributed by atoms with E-state index in [0.717, 1.165) is 0 Å². The number of hydrogen-bond donors (Lipinski definition) is 3. The van der Waals surface area contributed by atoms with Gasteiger partial charge in [-0.2, -0.15) is 0 Å². The van der Waals surface area contributed by atoms with Crippen LogP contribution in [-0.4, -0.2) is 5.17 Å². The monoisotopic (exact) mass is 160 g/mol. The highest BCUT2D eigenvalue weighted by Crippen LogP contribution is 1.92. The Morgan fingerprint density at radius 1 is 1.70 bits per heavy atom. The Kier molecular flexibility index (Phi) is 4.36. The number of allylic oxidation sites excluding steroid dienone is 1. The van der Waals surface area contributed by atoms with Crippen LogP contribution in [0.3, 0.4) is 0 Å². The van der Waals surface area contributed by atoms with Gasteiger partial charge in [0.15, 0.2) is 5.17 Å². The fourth-order valence-corrected chi connectivity index (χ4v) is 0.285. The Balaban J connectivity index is 3.92. The molecule has 0 saturated heterocycles. The molecule has 0 heterocycles. The molecular formula is C5H9ClN4. The highest BCUT2D eigenvalue weighted by molar-refractivity contribution is 6.69. The van der Waals surface area contributed by atoms with Crippen LogP contribution < -0.4 is 17.0 Å². The van der Waals surface area contributed by atoms with E-state index in [1.54, 1.807) is 0 Å². The summed E-state index contributed by atoms with van der Waals surface area (Å²) in [5, 5.41) is 0.159. The van der Waals surface area contributed by atoms with E-state index in [4.69, 9.17) is 23.2 Å². The smallest absolute Gasteiger partial charge is 0.151 e. The van der Waals surface area contributed by atoms with Gasteiger partial charge in [-0.15, -0.1) is 0 Å². The lowest BCUT2D eigenvalue weighted by molar-refractivity contribution is 0.963. The second-order valence-corrected chi connectivity index (χ2v) is 1.79. The largest absolute Gasteiger partial charge is 0.397 e. The summed E-state index contributed by atoms with van der Waals surface area (Å²) in [6, 6.07) is 0. The summed E-state index contributed by atoms with van der Waals surface area (Å²) in [5.41, 5.74) is 7.65. The molecule has 10 heavy (non-hydrogen) atoms. The standard InChI is InChI=1S/C5H9ClN4/c1-4(7)5(6)9-2-3-10-8/h2-3,10H,1,7-8H2/b3-2-,9-5?. The molecule has 0 radical (unpaired) electrons. The Hall–Kier alpha value is -1.00. The summed E-state index contributed by atoms with van der Waals surface area (Å²) >= 11 is 5.46. The third-order valence-electron chi connectivity index (χ3n) is 0.624. The van der Waals surface area contributed by atoms with Gasteiger partial charge in [-0.25, -0.2) is 4.99 Å². The van der Waals surface area contributed by atoms with Crippen molar-refractivity contribution in [3.05, 3.63) is 24.7 Å². The molecule has 4 nitrogen and oxygen atoms in total. The van der Waals surface area contributed by atoms with Crippen molar-refractivity contribution in [3.8, 4) is 0 Å². The summed E-state index contributed by atoms with van der Waals surface area (Å²) < 4.78 is 0. The number of nitrogens with two attached hydrogens (primary N) is 2. The van der Waals surface area contributed by atoms with Crippen molar-refractivity contribution in [2.45, 2.75) is 0 Å². The third kappa shape index (κ3) is 3.94. The van der Waals surface area contributed by atoms with Crippen LogP contribution in [-0.2, 0) is 0 Å². The van der Waals surface area contributed by atoms with Crippen LogP contribution in [0.1, 0.15) is 0 Å². The first kappa shape index (κ1) is 9.00. The topological polar surface area (TPSA) is 76.4 Å². The van der Waals surface area contributed by atoms with Crippen molar-refractivity contribution < 1.29 is 0 Å². The maximum absolute atomic E-state index is 5.46. The fraction of sp³-hybridized carbons (Fsp3) is 0. The second-order valence-electron chi connectivity index (χ2n) is 1.43. The molecule has 0 aliphatic rings. The first-order chi connectivity index (χ1) is 4.68. The van der Waals surface area contributed by atoms with E-state index in [-0.39, 0.29) is 10.9 Å². The lowest BCUT2D eigenvalue weighted by atomic mass is 10.6. The van der Waals surface area contributed by atoms with E-state index in [9.17, 15) is 0 Å². The summed E-state index contributed by atoms with van der Waals surface area (Å²) in [6.07, 6.45) is 2.78. The molecule has 56 valence electrons. The molecule has 0 bridgehead atoms. The number of nitrogens with one attached hydrogen (secondary N) is 1. The van der Waals surface area contributed by atoms with E-state index in [1.165, 1.54) is 12.4 Å². The molecule has 0 rings (SSSR count). The van der Waals surface area contributed by atoms with E-state index >= 15 is 0 Å². The van der Waals surface area contributed by atoms with Crippen LogP contribution in [0, 0.1) is 0 Å². The molecule has 0 fully saturated rings. The molecule has 0 aliphatic carbocycles. The predicted octanol–water partition coefficient (Wildman–Crippen LogP) is 0.0306. The van der Waals surface area contributed by atoms with Gasteiger partial charge in [0.2, 0.25) is 0 Å². The van der Waals surface area contributed by atoms with Crippen molar-refractivity contribution in [1.82, 2.24) is 5.43 Å². The summed E-state index contributed by atoms with van der Waals surface area (Å²) in [5.74, 6) is 4.89. The van der Waals surface area contributed by atoms with Crippen molar-refractivity contribution in [2.24, 2.45) is 16.6 Å². The second kappa shape index (κ2) is 4.84. The molecule has 0 unspecified atom stereocenters. The fourth-order valence-electron chi connectivity index (χ4n) is 0.229. The van der Waals surface area contributed by atoms with E-state index in [2.05, 4.69) is 17.0 Å². The van der Waals surface area contributed by atoms with Crippen LogP contribution in [0.5, 0.6) is 0 Å². The molecule has 5 heteroatoms. The number of halogens is 1. The number of rotatable bonds is 3. The quantitative estimate of drug-likeness (QED) is 0.310. The van der Waals surface area contributed by atoms with Gasteiger partial charge in [0.05, 0.1) is 5.70 Å². The van der Waals surface area contributed by atoms with Gasteiger partial charge in [-0.3, -0.25) is 5.84 Å². The zero-order chi connectivity index (χ0) is 7.98. The number of aliphatic imine (C=N–C) groups is 1. The molecular weight excluding hydrogens is 152 g/mol. The Labute approximate surface area is 64.2 Å². The predicted molar refractivity (Wildman–Crippen MR) is 43.1 cm³/mol. The average Bonchev–Trinajstić information content (AvgIpc) is 1.88. The molecule has 0 amide bonds. The zero-order valence-electron chi connectivity index (χ0n) is 5.34. The lowest BCUT2D eigenvalue weighted by Crippen LogP contribution is -2.12. The number of hydrogen-bond acceptors (Lipinski definition) is 4. The van der Waals surface area contributed by atoms with Gasteiger partial charge in [-0.1, -0.05) is 18.2 Å². The molecule has 0 aromatic carbocycles. The van der Waals surface area contributed by atoms with Gasteiger partial charge >= 0.3 is 0 Å². The van der Waals surface area contributed by atoms with Gasteiger partial charge < -0.3 is 11.2 Å². The molecule has 0 aromatic rings. The van der Waals surface area contributed by atoms with E-state index in [0.29, 0.717) is 0 Å². The normalized spacial score (nSPS) is 12.0. The highest BCUT2D eigenvalue weighted by atomic mass is 35.5. The van der Waals surface area contributed by atoms with Crippen molar-refractivity contribution >= 4 is 16.8 Å². The molecule has 5 N–H and O–H groups in total. The van der Waals surface area contributed by atoms with Crippen LogP contribution >= 0.6 is 11.6 Å². The minimum absolute atomic E-state index is 0.159. The minimum Gasteiger partial charge on any atom is -0.397 e. The molecule has 0 aromatic heterocycles. The van der Waals surface area contributed by atoms with E-state index in [1.807, 2.05) is 0 Å². The summed E-state index contributed by atoms with van der Waals surface area (Å²) in [4.78, 5) is 3.65.